The molecule has 1 amide bonds. The zero-order chi connectivity index (χ0) is 16.5. The molecule has 1 aliphatic rings. The maximum absolute atomic E-state index is 12.9. The third-order valence-corrected chi connectivity index (χ3v) is 5.39. The van der Waals surface area contributed by atoms with E-state index in [1.807, 2.05) is 18.7 Å². The van der Waals surface area contributed by atoms with Gasteiger partial charge in [-0.2, -0.15) is 0 Å². The van der Waals surface area contributed by atoms with Gasteiger partial charge in [-0.1, -0.05) is 6.07 Å². The number of hydrogen-bond donors (Lipinski definition) is 1. The lowest BCUT2D eigenvalue weighted by Gasteiger charge is -2.38. The number of piperidine rings is 1. The highest BCUT2D eigenvalue weighted by Crippen LogP contribution is 2.24. The van der Waals surface area contributed by atoms with E-state index >= 15 is 0 Å². The van der Waals surface area contributed by atoms with Crippen LogP contribution in [0.2, 0.25) is 0 Å². The van der Waals surface area contributed by atoms with Gasteiger partial charge in [0.25, 0.3) is 5.91 Å². The molecular formula is C16H24N2O3S. The molecule has 2 atom stereocenters. The van der Waals surface area contributed by atoms with E-state index in [0.717, 1.165) is 31.1 Å². The van der Waals surface area contributed by atoms with Crippen molar-refractivity contribution in [2.45, 2.75) is 50.1 Å². The van der Waals surface area contributed by atoms with Crippen molar-refractivity contribution in [3.8, 4) is 0 Å². The van der Waals surface area contributed by atoms with Gasteiger partial charge in [0.1, 0.15) is 0 Å². The first kappa shape index (κ1) is 17.0. The summed E-state index contributed by atoms with van der Waals surface area (Å²) in [6.07, 6.45) is 4.07. The fourth-order valence-corrected chi connectivity index (χ4v) is 3.62. The average molecular weight is 324 g/mol. The highest BCUT2D eigenvalue weighted by Gasteiger charge is 2.30. The summed E-state index contributed by atoms with van der Waals surface area (Å²) < 4.78 is 23.4. The number of nitrogens with two attached hydrogens (primary N) is 1. The smallest absolute Gasteiger partial charge is 0.254 e. The van der Waals surface area contributed by atoms with Gasteiger partial charge in [-0.05, 0) is 50.8 Å². The van der Waals surface area contributed by atoms with Crippen LogP contribution in [0.5, 0.6) is 0 Å². The Morgan fingerprint density at radius 3 is 2.64 bits per heavy atom. The van der Waals surface area contributed by atoms with Gasteiger partial charge in [0.05, 0.1) is 4.90 Å². The van der Waals surface area contributed by atoms with E-state index in [-0.39, 0.29) is 22.9 Å². The van der Waals surface area contributed by atoms with Crippen LogP contribution in [-0.4, -0.2) is 44.1 Å². The van der Waals surface area contributed by atoms with Crippen molar-refractivity contribution in [2.75, 3.05) is 12.8 Å². The van der Waals surface area contributed by atoms with Crippen LogP contribution in [0.3, 0.4) is 0 Å². The minimum absolute atomic E-state index is 0.0162. The predicted molar refractivity (Wildman–Crippen MR) is 86.6 cm³/mol. The summed E-state index contributed by atoms with van der Waals surface area (Å²) in [7, 11) is -3.33. The van der Waals surface area contributed by atoms with E-state index in [0.29, 0.717) is 12.1 Å². The number of carbonyl (C=O) groups excluding carboxylic acids is 1. The topological polar surface area (TPSA) is 80.5 Å². The Morgan fingerprint density at radius 2 is 2.05 bits per heavy atom. The molecule has 1 aromatic rings. The van der Waals surface area contributed by atoms with Crippen molar-refractivity contribution < 1.29 is 13.2 Å². The summed E-state index contributed by atoms with van der Waals surface area (Å²) >= 11 is 0. The molecule has 2 rings (SSSR count). The van der Waals surface area contributed by atoms with Crippen molar-refractivity contribution in [1.29, 1.82) is 0 Å². The summed E-state index contributed by atoms with van der Waals surface area (Å²) in [5, 5.41) is 0. The second-order valence-electron chi connectivity index (χ2n) is 6.17. The Morgan fingerprint density at radius 1 is 1.36 bits per heavy atom. The molecule has 122 valence electrons. The van der Waals surface area contributed by atoms with Gasteiger partial charge < -0.3 is 10.6 Å². The first-order valence-electron chi connectivity index (χ1n) is 7.59. The lowest BCUT2D eigenvalue weighted by molar-refractivity contribution is 0.0583. The molecule has 1 fully saturated rings. The van der Waals surface area contributed by atoms with Crippen LogP contribution in [0.25, 0.3) is 0 Å². The van der Waals surface area contributed by atoms with Crippen LogP contribution < -0.4 is 5.73 Å². The van der Waals surface area contributed by atoms with E-state index in [2.05, 4.69) is 0 Å². The van der Waals surface area contributed by atoms with Crippen molar-refractivity contribution in [2.24, 2.45) is 5.73 Å². The summed E-state index contributed by atoms with van der Waals surface area (Å²) in [5.41, 5.74) is 7.26. The van der Waals surface area contributed by atoms with Crippen LogP contribution in [0.15, 0.2) is 23.1 Å². The fraction of sp³-hybridized carbons (Fsp3) is 0.562. The molecule has 1 saturated heterocycles. The minimum atomic E-state index is -3.33. The lowest BCUT2D eigenvalue weighted by atomic mass is 9.95. The van der Waals surface area contributed by atoms with Crippen LogP contribution in [-0.2, 0) is 9.84 Å². The quantitative estimate of drug-likeness (QED) is 0.918. The molecule has 0 aliphatic carbocycles. The Bertz CT molecular complexity index is 668. The molecular weight excluding hydrogens is 300 g/mol. The molecule has 0 unspecified atom stereocenters. The zero-order valence-electron chi connectivity index (χ0n) is 13.4. The largest absolute Gasteiger partial charge is 0.334 e. The Kier molecular flexibility index (Phi) is 4.92. The second-order valence-corrected chi connectivity index (χ2v) is 8.19. The van der Waals surface area contributed by atoms with Gasteiger partial charge in [0.2, 0.25) is 0 Å². The maximum atomic E-state index is 12.9. The molecule has 0 saturated carbocycles. The Labute approximate surface area is 132 Å². The average Bonchev–Trinajstić information content (AvgIpc) is 2.45. The van der Waals surface area contributed by atoms with E-state index in [4.69, 9.17) is 5.73 Å². The van der Waals surface area contributed by atoms with Gasteiger partial charge in [-0.15, -0.1) is 0 Å². The van der Waals surface area contributed by atoms with E-state index < -0.39 is 9.84 Å². The molecule has 0 spiro atoms. The second kappa shape index (κ2) is 6.38. The van der Waals surface area contributed by atoms with Gasteiger partial charge >= 0.3 is 0 Å². The summed E-state index contributed by atoms with van der Waals surface area (Å²) in [4.78, 5) is 14.9. The Hall–Kier alpha value is -1.40. The van der Waals surface area contributed by atoms with Crippen molar-refractivity contribution >= 4 is 15.7 Å². The normalized spacial score (nSPS) is 20.7. The standard InChI is InChI=1S/C16H24N2O3S/c1-11-7-8-13(22(3,20)21)10-14(11)16(19)18-9-5-4-6-15(18)12(2)17/h7-8,10,12,15H,4-6,9,17H2,1-3H3/t12-,15+/m1/s1. The van der Waals surface area contributed by atoms with E-state index in [1.54, 1.807) is 12.1 Å². The van der Waals surface area contributed by atoms with Gasteiger partial charge in [0, 0.05) is 30.4 Å². The Balaban J connectivity index is 2.40. The summed E-state index contributed by atoms with van der Waals surface area (Å²) in [6, 6.07) is 4.64. The number of likely N-dealkylation sites (tertiary alicyclic amines) is 1. The molecule has 2 N–H and O–H groups in total. The summed E-state index contributed by atoms with van der Waals surface area (Å²) in [6.45, 7) is 4.41. The zero-order valence-corrected chi connectivity index (χ0v) is 14.2. The number of benzene rings is 1. The monoisotopic (exact) mass is 324 g/mol. The highest BCUT2D eigenvalue weighted by atomic mass is 32.2. The lowest BCUT2D eigenvalue weighted by Crippen LogP contribution is -2.51. The number of amides is 1. The van der Waals surface area contributed by atoms with Gasteiger partial charge in [-0.3, -0.25) is 4.79 Å². The van der Waals surface area contributed by atoms with Crippen LogP contribution in [0.1, 0.15) is 42.1 Å². The fourth-order valence-electron chi connectivity index (χ4n) is 2.97. The molecule has 1 heterocycles. The van der Waals surface area contributed by atoms with Crippen molar-refractivity contribution in [3.05, 3.63) is 29.3 Å². The number of sulfone groups is 1. The van der Waals surface area contributed by atoms with Crippen LogP contribution in [0, 0.1) is 6.92 Å². The maximum Gasteiger partial charge on any atom is 0.254 e. The molecule has 5 nitrogen and oxygen atoms in total. The summed E-state index contributed by atoms with van der Waals surface area (Å²) in [5.74, 6) is -0.120. The molecule has 6 heteroatoms. The first-order chi connectivity index (χ1) is 10.2. The molecule has 22 heavy (non-hydrogen) atoms. The number of aryl methyl sites for hydroxylation is 1. The molecule has 0 radical (unpaired) electrons. The first-order valence-corrected chi connectivity index (χ1v) is 9.48. The number of rotatable bonds is 3. The van der Waals surface area contributed by atoms with E-state index in [1.165, 1.54) is 6.07 Å². The van der Waals surface area contributed by atoms with Gasteiger partial charge in [-0.25, -0.2) is 8.42 Å². The SMILES string of the molecule is Cc1ccc(S(C)(=O)=O)cc1C(=O)N1CCCC[C@H]1[C@@H](C)N. The third-order valence-electron chi connectivity index (χ3n) is 4.28. The predicted octanol–water partition coefficient (Wildman–Crippen LogP) is 1.74. The highest BCUT2D eigenvalue weighted by molar-refractivity contribution is 7.90. The molecule has 0 aromatic heterocycles. The van der Waals surface area contributed by atoms with Crippen molar-refractivity contribution in [1.82, 2.24) is 4.90 Å². The number of nitrogens with zero attached hydrogens (tertiary/aromatic N) is 1. The molecule has 1 aromatic carbocycles. The molecule has 0 bridgehead atoms. The minimum Gasteiger partial charge on any atom is -0.334 e. The third kappa shape index (κ3) is 3.50. The van der Waals surface area contributed by atoms with Crippen LogP contribution in [0.4, 0.5) is 0 Å². The van der Waals surface area contributed by atoms with Crippen LogP contribution >= 0.6 is 0 Å². The van der Waals surface area contributed by atoms with E-state index in [9.17, 15) is 13.2 Å². The van der Waals surface area contributed by atoms with Crippen molar-refractivity contribution in [3.63, 3.8) is 0 Å². The number of hydrogen-bond acceptors (Lipinski definition) is 4. The molecule has 1 aliphatic heterocycles. The number of carbonyl (C=O) groups is 1. The van der Waals surface area contributed by atoms with Gasteiger partial charge in [0.15, 0.2) is 9.84 Å².